The standard InChI is InChI=1S/C67H114O12/c1-4-7-10-13-16-19-22-25-27-29-30-32-33-36-38-41-44-47-50-53-59(68)75-56-58(77-60(69)54-51-48-45-42-40-37-34-31-28-26-23-20-17-14-11-8-5-2)57-76-67-65(63(72)62(71)64(79-67)66(73)74)78-61(70)55-52-49-46-43-39-35-24-21-18-15-12-9-6-3/h9,12,18,21,25-28,35,39,46,49,58,62-65,67,71-72H,4-8,10-11,13-17,19-20,22-24,29-34,36-38,40-45,47-48,50-57H2,1-3H3,(H,73,74)/b12-9-,21-18-,27-25-,28-26-,39-35-,49-46-. The van der Waals surface area contributed by atoms with E-state index in [1.54, 1.807) is 0 Å². The second kappa shape index (κ2) is 54.7. The van der Waals surface area contributed by atoms with E-state index in [-0.39, 0.29) is 25.9 Å². The van der Waals surface area contributed by atoms with E-state index in [0.29, 0.717) is 25.7 Å². The van der Waals surface area contributed by atoms with Crippen LogP contribution in [0.3, 0.4) is 0 Å². The van der Waals surface area contributed by atoms with Crippen LogP contribution in [0.5, 0.6) is 0 Å². The van der Waals surface area contributed by atoms with Crippen LogP contribution in [0.2, 0.25) is 0 Å². The van der Waals surface area contributed by atoms with Gasteiger partial charge in [0.25, 0.3) is 0 Å². The summed E-state index contributed by atoms with van der Waals surface area (Å²) in [6, 6.07) is 0. The van der Waals surface area contributed by atoms with E-state index in [4.69, 9.17) is 23.7 Å². The number of carboxylic acid groups (broad SMARTS) is 1. The Bertz CT molecular complexity index is 1650. The molecule has 0 aromatic heterocycles. The zero-order valence-electron chi connectivity index (χ0n) is 50.1. The summed E-state index contributed by atoms with van der Waals surface area (Å²) in [4.78, 5) is 51.2. The Morgan fingerprint density at radius 1 is 0.430 bits per heavy atom. The summed E-state index contributed by atoms with van der Waals surface area (Å²) in [5.74, 6) is -3.22. The van der Waals surface area contributed by atoms with E-state index < -0.39 is 67.3 Å². The number of hydrogen-bond acceptors (Lipinski definition) is 11. The molecule has 6 atom stereocenters. The summed E-state index contributed by atoms with van der Waals surface area (Å²) in [6.07, 6.45) is 57.4. The van der Waals surface area contributed by atoms with Crippen LogP contribution in [0.4, 0.5) is 0 Å². The number of ether oxygens (including phenoxy) is 5. The van der Waals surface area contributed by atoms with Gasteiger partial charge in [-0.05, 0) is 96.3 Å². The van der Waals surface area contributed by atoms with Crippen LogP contribution in [-0.4, -0.2) is 89.2 Å². The molecule has 3 N–H and O–H groups in total. The molecule has 12 heteroatoms. The molecular formula is C67H114O12. The van der Waals surface area contributed by atoms with Crippen molar-refractivity contribution in [3.63, 3.8) is 0 Å². The zero-order chi connectivity index (χ0) is 57.5. The number of aliphatic hydroxyl groups excluding tert-OH is 2. The predicted molar refractivity (Wildman–Crippen MR) is 322 cm³/mol. The van der Waals surface area contributed by atoms with Crippen molar-refractivity contribution >= 4 is 23.9 Å². The molecule has 1 saturated heterocycles. The van der Waals surface area contributed by atoms with Crippen LogP contribution in [0.25, 0.3) is 0 Å². The van der Waals surface area contributed by atoms with Crippen molar-refractivity contribution in [2.75, 3.05) is 13.2 Å². The Morgan fingerprint density at radius 3 is 1.27 bits per heavy atom. The Labute approximate surface area is 480 Å². The molecule has 1 heterocycles. The van der Waals surface area contributed by atoms with E-state index >= 15 is 0 Å². The molecule has 0 aliphatic carbocycles. The lowest BCUT2D eigenvalue weighted by Crippen LogP contribution is -2.61. The lowest BCUT2D eigenvalue weighted by atomic mass is 9.98. The third kappa shape index (κ3) is 44.5. The molecule has 1 fully saturated rings. The van der Waals surface area contributed by atoms with Gasteiger partial charge in [0.1, 0.15) is 18.8 Å². The molecule has 1 aliphatic heterocycles. The van der Waals surface area contributed by atoms with Gasteiger partial charge >= 0.3 is 23.9 Å². The molecular weight excluding hydrogens is 997 g/mol. The molecule has 0 bridgehead atoms. The van der Waals surface area contributed by atoms with Gasteiger partial charge in [0.2, 0.25) is 0 Å². The van der Waals surface area contributed by atoms with Crippen molar-refractivity contribution in [3.8, 4) is 0 Å². The maximum Gasteiger partial charge on any atom is 0.335 e. The van der Waals surface area contributed by atoms with Crippen LogP contribution in [-0.2, 0) is 42.9 Å². The van der Waals surface area contributed by atoms with Crippen LogP contribution in [0.15, 0.2) is 72.9 Å². The van der Waals surface area contributed by atoms with Gasteiger partial charge in [-0.25, -0.2) is 4.79 Å². The molecule has 0 amide bonds. The smallest absolute Gasteiger partial charge is 0.335 e. The number of carbonyl (C=O) groups is 4. The fourth-order valence-electron chi connectivity index (χ4n) is 9.37. The first-order chi connectivity index (χ1) is 38.6. The fraction of sp³-hybridized carbons (Fsp3) is 0.761. The van der Waals surface area contributed by atoms with Gasteiger partial charge in [-0.2, -0.15) is 0 Å². The molecule has 454 valence electrons. The quantitative estimate of drug-likeness (QED) is 0.0228. The van der Waals surface area contributed by atoms with Crippen molar-refractivity contribution in [2.45, 2.75) is 314 Å². The summed E-state index contributed by atoms with van der Waals surface area (Å²) >= 11 is 0. The Hall–Kier alpha value is -3.84. The SMILES string of the molecule is CC/C=C\C/C=C\C/C=C\C/C=C\CCC(=O)OC1C(OCC(COC(=O)CCCCCCCCCCC/C=C\CCCCCCCC)OC(=O)CCCCCCCCC/C=C\CCCCCCCC)OC(C(=O)O)C(O)C1O. The first-order valence-electron chi connectivity index (χ1n) is 31.9. The first kappa shape index (κ1) is 73.2. The van der Waals surface area contributed by atoms with Gasteiger partial charge in [-0.1, -0.05) is 235 Å². The van der Waals surface area contributed by atoms with Crippen molar-refractivity contribution in [1.29, 1.82) is 0 Å². The maximum absolute atomic E-state index is 13.2. The highest BCUT2D eigenvalue weighted by molar-refractivity contribution is 5.74. The number of carbonyl (C=O) groups excluding carboxylic acids is 3. The van der Waals surface area contributed by atoms with Crippen molar-refractivity contribution in [1.82, 2.24) is 0 Å². The number of carboxylic acids is 1. The summed E-state index contributed by atoms with van der Waals surface area (Å²) in [5, 5.41) is 31.5. The van der Waals surface area contributed by atoms with Gasteiger partial charge in [0.05, 0.1) is 6.61 Å². The summed E-state index contributed by atoms with van der Waals surface area (Å²) in [5.41, 5.74) is 0. The summed E-state index contributed by atoms with van der Waals surface area (Å²) in [6.45, 7) is 5.85. The maximum atomic E-state index is 13.2. The van der Waals surface area contributed by atoms with Crippen LogP contribution < -0.4 is 0 Å². The molecule has 0 spiro atoms. The minimum atomic E-state index is -1.93. The second-order valence-electron chi connectivity index (χ2n) is 21.7. The molecule has 0 aromatic carbocycles. The van der Waals surface area contributed by atoms with Crippen molar-refractivity contribution in [2.24, 2.45) is 0 Å². The number of unbranched alkanes of at least 4 members (excludes halogenated alkanes) is 28. The highest BCUT2D eigenvalue weighted by Crippen LogP contribution is 2.26. The molecule has 6 unspecified atom stereocenters. The zero-order valence-corrected chi connectivity index (χ0v) is 50.1. The average molecular weight is 1110 g/mol. The number of rotatable bonds is 54. The summed E-state index contributed by atoms with van der Waals surface area (Å²) in [7, 11) is 0. The largest absolute Gasteiger partial charge is 0.479 e. The van der Waals surface area contributed by atoms with Gasteiger partial charge < -0.3 is 39.0 Å². The number of allylic oxidation sites excluding steroid dienone is 12. The second-order valence-corrected chi connectivity index (χ2v) is 21.7. The molecule has 1 rings (SSSR count). The predicted octanol–water partition coefficient (Wildman–Crippen LogP) is 16.9. The topological polar surface area (TPSA) is 175 Å². The molecule has 79 heavy (non-hydrogen) atoms. The van der Waals surface area contributed by atoms with Crippen LogP contribution in [0, 0.1) is 0 Å². The minimum absolute atomic E-state index is 0.0620. The van der Waals surface area contributed by atoms with E-state index in [9.17, 15) is 34.5 Å². The Morgan fingerprint density at radius 2 is 0.823 bits per heavy atom. The highest BCUT2D eigenvalue weighted by Gasteiger charge is 2.50. The lowest BCUT2D eigenvalue weighted by molar-refractivity contribution is -0.301. The molecule has 0 aromatic rings. The number of esters is 3. The normalized spacial score (nSPS) is 18.3. The number of aliphatic hydroxyl groups is 2. The van der Waals surface area contributed by atoms with Crippen LogP contribution in [0.1, 0.15) is 278 Å². The lowest BCUT2D eigenvalue weighted by Gasteiger charge is -2.40. The van der Waals surface area contributed by atoms with E-state index in [2.05, 4.69) is 75.5 Å². The molecule has 12 nitrogen and oxygen atoms in total. The summed E-state index contributed by atoms with van der Waals surface area (Å²) < 4.78 is 28.4. The Kier molecular flexibility index (Phi) is 50.7. The van der Waals surface area contributed by atoms with Crippen LogP contribution >= 0.6 is 0 Å². The first-order valence-corrected chi connectivity index (χ1v) is 31.9. The van der Waals surface area contributed by atoms with E-state index in [1.165, 1.54) is 141 Å². The van der Waals surface area contributed by atoms with E-state index in [1.807, 2.05) is 18.2 Å². The van der Waals surface area contributed by atoms with Crippen molar-refractivity contribution < 1.29 is 58.2 Å². The molecule has 0 radical (unpaired) electrons. The average Bonchev–Trinajstić information content (AvgIpc) is 3.46. The number of hydrogen-bond donors (Lipinski definition) is 3. The van der Waals surface area contributed by atoms with E-state index in [0.717, 1.165) is 70.6 Å². The number of aliphatic carboxylic acids is 1. The minimum Gasteiger partial charge on any atom is -0.479 e. The third-order valence-corrected chi connectivity index (χ3v) is 14.3. The molecule has 0 saturated carbocycles. The van der Waals surface area contributed by atoms with Gasteiger partial charge in [0.15, 0.2) is 24.6 Å². The highest BCUT2D eigenvalue weighted by atomic mass is 16.7. The van der Waals surface area contributed by atoms with Gasteiger partial charge in [0, 0.05) is 19.3 Å². The third-order valence-electron chi connectivity index (χ3n) is 14.3. The monoisotopic (exact) mass is 1110 g/mol. The van der Waals surface area contributed by atoms with Gasteiger partial charge in [-0.3, -0.25) is 14.4 Å². The fourth-order valence-corrected chi connectivity index (χ4v) is 9.37. The van der Waals surface area contributed by atoms with Gasteiger partial charge in [-0.15, -0.1) is 0 Å². The van der Waals surface area contributed by atoms with Crippen molar-refractivity contribution in [3.05, 3.63) is 72.9 Å². The Balaban J connectivity index is 2.68. The molecule has 1 aliphatic rings.